The smallest absolute Gasteiger partial charge is 0.254 e. The monoisotopic (exact) mass is 296 g/mol. The molecule has 110 valence electrons. The molecule has 0 unspecified atom stereocenters. The van der Waals surface area contributed by atoms with Crippen molar-refractivity contribution in [1.29, 1.82) is 0 Å². The molecule has 0 aromatic carbocycles. The van der Waals surface area contributed by atoms with Crippen LogP contribution >= 0.6 is 12.4 Å². The summed E-state index contributed by atoms with van der Waals surface area (Å²) in [6.07, 6.45) is 6.17. The number of rotatable bonds is 4. The fourth-order valence-electron chi connectivity index (χ4n) is 2.57. The predicted octanol–water partition coefficient (Wildman–Crippen LogP) is 1.40. The van der Waals surface area contributed by atoms with E-state index in [1.807, 2.05) is 4.52 Å². The lowest BCUT2D eigenvalue weighted by Crippen LogP contribution is -2.23. The molecule has 0 atom stereocenters. The van der Waals surface area contributed by atoms with E-state index in [1.165, 1.54) is 24.1 Å². The third kappa shape index (κ3) is 2.86. The average molecular weight is 297 g/mol. The highest BCUT2D eigenvalue weighted by Gasteiger charge is 2.19. The number of nitrogens with one attached hydrogen (secondary N) is 1. The maximum Gasteiger partial charge on any atom is 0.254 e. The molecule has 0 saturated carbocycles. The summed E-state index contributed by atoms with van der Waals surface area (Å²) < 4.78 is 1.83. The van der Waals surface area contributed by atoms with E-state index in [-0.39, 0.29) is 12.4 Å². The van der Waals surface area contributed by atoms with Gasteiger partial charge < -0.3 is 10.2 Å². The predicted molar refractivity (Wildman–Crippen MR) is 81.7 cm³/mol. The molecule has 3 rings (SSSR count). The third-order valence-corrected chi connectivity index (χ3v) is 3.55. The highest BCUT2D eigenvalue weighted by atomic mass is 35.5. The maximum atomic E-state index is 4.62. The quantitative estimate of drug-likeness (QED) is 0.924. The van der Waals surface area contributed by atoms with Crippen LogP contribution in [0.2, 0.25) is 0 Å². The number of hydrogen-bond acceptors (Lipinski definition) is 5. The molecule has 6 nitrogen and oxygen atoms in total. The molecule has 2 heterocycles. The molecule has 0 aliphatic heterocycles. The molecule has 0 saturated heterocycles. The van der Waals surface area contributed by atoms with Crippen molar-refractivity contribution in [2.24, 2.45) is 0 Å². The minimum absolute atomic E-state index is 0. The Kier molecular flexibility index (Phi) is 4.77. The normalized spacial score (nSPS) is 14.2. The number of aromatic nitrogens is 4. The van der Waals surface area contributed by atoms with Gasteiger partial charge in [-0.1, -0.05) is 0 Å². The van der Waals surface area contributed by atoms with Crippen molar-refractivity contribution < 1.29 is 0 Å². The van der Waals surface area contributed by atoms with Crippen molar-refractivity contribution in [1.82, 2.24) is 24.5 Å². The van der Waals surface area contributed by atoms with Crippen LogP contribution in [0.5, 0.6) is 0 Å². The zero-order valence-corrected chi connectivity index (χ0v) is 12.8. The Morgan fingerprint density at radius 1 is 1.30 bits per heavy atom. The zero-order valence-electron chi connectivity index (χ0n) is 12.0. The molecular weight excluding hydrogens is 276 g/mol. The zero-order chi connectivity index (χ0) is 13.2. The van der Waals surface area contributed by atoms with Gasteiger partial charge in [-0.25, -0.2) is 4.98 Å². The van der Waals surface area contributed by atoms with Gasteiger partial charge in [0.2, 0.25) is 0 Å². The van der Waals surface area contributed by atoms with Gasteiger partial charge >= 0.3 is 0 Å². The van der Waals surface area contributed by atoms with Crippen molar-refractivity contribution in [3.63, 3.8) is 0 Å². The van der Waals surface area contributed by atoms with Crippen LogP contribution in [0.15, 0.2) is 6.33 Å². The second kappa shape index (κ2) is 6.37. The van der Waals surface area contributed by atoms with Gasteiger partial charge in [0.15, 0.2) is 0 Å². The molecule has 1 aliphatic carbocycles. The van der Waals surface area contributed by atoms with Crippen molar-refractivity contribution >= 4 is 24.0 Å². The molecule has 1 N–H and O–H groups in total. The van der Waals surface area contributed by atoms with Gasteiger partial charge in [0.25, 0.3) is 5.78 Å². The molecule has 2 aromatic heterocycles. The number of anilines is 1. The van der Waals surface area contributed by atoms with E-state index >= 15 is 0 Å². The van der Waals surface area contributed by atoms with Crippen molar-refractivity contribution in [2.75, 3.05) is 32.5 Å². The van der Waals surface area contributed by atoms with Crippen LogP contribution in [0.25, 0.3) is 5.78 Å². The first-order chi connectivity index (χ1) is 9.25. The van der Waals surface area contributed by atoms with E-state index in [4.69, 9.17) is 0 Å². The van der Waals surface area contributed by atoms with Crippen molar-refractivity contribution in [3.8, 4) is 0 Å². The van der Waals surface area contributed by atoms with Crippen molar-refractivity contribution in [3.05, 3.63) is 17.6 Å². The lowest BCUT2D eigenvalue weighted by Gasteiger charge is -2.20. The molecule has 0 radical (unpaired) electrons. The van der Waals surface area contributed by atoms with Crippen LogP contribution in [0, 0.1) is 0 Å². The van der Waals surface area contributed by atoms with Crippen molar-refractivity contribution in [2.45, 2.75) is 25.7 Å². The molecule has 0 fully saturated rings. The summed E-state index contributed by atoms with van der Waals surface area (Å²) in [7, 11) is 4.16. The van der Waals surface area contributed by atoms with Gasteiger partial charge in [-0.3, -0.25) is 0 Å². The molecule has 0 bridgehead atoms. The number of aryl methyl sites for hydroxylation is 1. The minimum Gasteiger partial charge on any atom is -0.368 e. The summed E-state index contributed by atoms with van der Waals surface area (Å²) in [5, 5.41) is 7.80. The van der Waals surface area contributed by atoms with Crippen LogP contribution in [0.1, 0.15) is 24.1 Å². The molecular formula is C13H21ClN6. The van der Waals surface area contributed by atoms with Gasteiger partial charge in [-0.05, 0) is 39.8 Å². The summed E-state index contributed by atoms with van der Waals surface area (Å²) >= 11 is 0. The Morgan fingerprint density at radius 2 is 2.10 bits per heavy atom. The highest BCUT2D eigenvalue weighted by molar-refractivity contribution is 5.85. The Balaban J connectivity index is 0.00000147. The fraction of sp³-hybridized carbons (Fsp3) is 0.615. The Labute approximate surface area is 125 Å². The van der Waals surface area contributed by atoms with Gasteiger partial charge in [0.05, 0.1) is 5.69 Å². The van der Waals surface area contributed by atoms with Crippen LogP contribution in [-0.4, -0.2) is 51.7 Å². The van der Waals surface area contributed by atoms with Crippen LogP contribution in [0.3, 0.4) is 0 Å². The second-order valence-electron chi connectivity index (χ2n) is 5.29. The first-order valence-electron chi connectivity index (χ1n) is 6.86. The van der Waals surface area contributed by atoms with E-state index < -0.39 is 0 Å². The Bertz CT molecular complexity index is 579. The standard InChI is InChI=1S/C13H20N6.ClH/c1-18(2)8-7-14-12-10-5-3-4-6-11(10)17-13-15-9-16-19(12)13;/h9,14H,3-8H2,1-2H3;1H. The number of likely N-dealkylation sites (N-methyl/N-ethyl adjacent to an activating group) is 1. The average Bonchev–Trinajstić information content (AvgIpc) is 2.85. The number of halogens is 1. The van der Waals surface area contributed by atoms with E-state index in [9.17, 15) is 0 Å². The van der Waals surface area contributed by atoms with E-state index in [2.05, 4.69) is 39.4 Å². The SMILES string of the molecule is CN(C)CCNc1c2c(nc3ncnn13)CCCC2.Cl. The van der Waals surface area contributed by atoms with Gasteiger partial charge in [-0.2, -0.15) is 14.6 Å². The van der Waals surface area contributed by atoms with Gasteiger partial charge in [-0.15, -0.1) is 12.4 Å². The van der Waals surface area contributed by atoms with E-state index in [0.717, 1.165) is 31.7 Å². The van der Waals surface area contributed by atoms with Gasteiger partial charge in [0, 0.05) is 18.7 Å². The molecule has 7 heteroatoms. The maximum absolute atomic E-state index is 4.62. The fourth-order valence-corrected chi connectivity index (χ4v) is 2.57. The van der Waals surface area contributed by atoms with E-state index in [0.29, 0.717) is 5.78 Å². The first kappa shape index (κ1) is 15.0. The second-order valence-corrected chi connectivity index (χ2v) is 5.29. The summed E-state index contributed by atoms with van der Waals surface area (Å²) in [5.74, 6) is 1.78. The molecule has 2 aromatic rings. The largest absolute Gasteiger partial charge is 0.368 e. The van der Waals surface area contributed by atoms with Gasteiger partial charge in [0.1, 0.15) is 12.1 Å². The van der Waals surface area contributed by atoms with Crippen LogP contribution in [-0.2, 0) is 12.8 Å². The lowest BCUT2D eigenvalue weighted by molar-refractivity contribution is 0.425. The van der Waals surface area contributed by atoms with Crippen LogP contribution < -0.4 is 5.32 Å². The third-order valence-electron chi connectivity index (χ3n) is 3.55. The Hall–Kier alpha value is -1.40. The highest BCUT2D eigenvalue weighted by Crippen LogP contribution is 2.26. The van der Waals surface area contributed by atoms with E-state index in [1.54, 1.807) is 6.33 Å². The number of fused-ring (bicyclic) bond motifs is 2. The minimum atomic E-state index is 0. The topological polar surface area (TPSA) is 58.3 Å². The summed E-state index contributed by atoms with van der Waals surface area (Å²) in [6.45, 7) is 1.89. The summed E-state index contributed by atoms with van der Waals surface area (Å²) in [4.78, 5) is 11.0. The molecule has 1 aliphatic rings. The molecule has 20 heavy (non-hydrogen) atoms. The first-order valence-corrected chi connectivity index (χ1v) is 6.86. The molecule has 0 spiro atoms. The molecule has 0 amide bonds. The Morgan fingerprint density at radius 3 is 2.90 bits per heavy atom. The summed E-state index contributed by atoms with van der Waals surface area (Å²) in [6, 6.07) is 0. The number of hydrogen-bond donors (Lipinski definition) is 1. The van der Waals surface area contributed by atoms with Crippen LogP contribution in [0.4, 0.5) is 5.82 Å². The number of nitrogens with zero attached hydrogens (tertiary/aromatic N) is 5. The summed E-state index contributed by atoms with van der Waals surface area (Å²) in [5.41, 5.74) is 2.52. The lowest BCUT2D eigenvalue weighted by atomic mass is 9.96.